The number of fused-ring (bicyclic) bond motifs is 1. The first-order valence-electron chi connectivity index (χ1n) is 8.76. The highest BCUT2D eigenvalue weighted by molar-refractivity contribution is 5.95. The second kappa shape index (κ2) is 6.74. The number of piperidine rings is 1. The molecule has 0 saturated carbocycles. The minimum atomic E-state index is -0.00287. The van der Waals surface area contributed by atoms with Gasteiger partial charge in [0.1, 0.15) is 13.2 Å². The summed E-state index contributed by atoms with van der Waals surface area (Å²) in [5.41, 5.74) is 0.615. The molecule has 1 aromatic carbocycles. The molecule has 1 fully saturated rings. The summed E-state index contributed by atoms with van der Waals surface area (Å²) in [5.74, 6) is 2.77. The van der Waals surface area contributed by atoms with Crippen LogP contribution in [-0.4, -0.2) is 47.3 Å². The molecule has 2 aliphatic heterocycles. The first kappa shape index (κ1) is 15.9. The average molecular weight is 343 g/mol. The van der Waals surface area contributed by atoms with Gasteiger partial charge in [0.25, 0.3) is 5.91 Å². The van der Waals surface area contributed by atoms with Crippen molar-refractivity contribution in [2.45, 2.75) is 32.1 Å². The molecule has 0 bridgehead atoms. The fourth-order valence-electron chi connectivity index (χ4n) is 3.30. The van der Waals surface area contributed by atoms with E-state index in [-0.39, 0.29) is 11.8 Å². The number of ether oxygens (including phenoxy) is 2. The first-order chi connectivity index (χ1) is 12.2. The van der Waals surface area contributed by atoms with Gasteiger partial charge in [-0.2, -0.15) is 4.98 Å². The van der Waals surface area contributed by atoms with Crippen LogP contribution in [0.25, 0.3) is 0 Å². The molecule has 25 heavy (non-hydrogen) atoms. The number of rotatable bonds is 3. The van der Waals surface area contributed by atoms with Crippen molar-refractivity contribution < 1.29 is 18.8 Å². The summed E-state index contributed by atoms with van der Waals surface area (Å²) in [7, 11) is 0. The highest BCUT2D eigenvalue weighted by Gasteiger charge is 2.29. The molecule has 0 unspecified atom stereocenters. The van der Waals surface area contributed by atoms with Crippen LogP contribution in [0.2, 0.25) is 0 Å². The number of hydrogen-bond acceptors (Lipinski definition) is 6. The Kier molecular flexibility index (Phi) is 4.29. The lowest BCUT2D eigenvalue weighted by Crippen LogP contribution is -2.39. The standard InChI is InChI=1S/C18H21N3O4/c1-2-16-19-17(25-20-16)13-4-3-7-21(11-13)18(22)12-5-6-14-15(10-12)24-9-8-23-14/h5-6,10,13H,2-4,7-9,11H2,1H3/t13-/m0/s1. The maximum absolute atomic E-state index is 12.9. The van der Waals surface area contributed by atoms with Crippen LogP contribution in [0, 0.1) is 0 Å². The number of nitrogens with zero attached hydrogens (tertiary/aromatic N) is 3. The van der Waals surface area contributed by atoms with Gasteiger partial charge in [0.15, 0.2) is 17.3 Å². The molecule has 0 radical (unpaired) electrons. The van der Waals surface area contributed by atoms with Crippen LogP contribution in [0.4, 0.5) is 0 Å². The van der Waals surface area contributed by atoms with Crippen LogP contribution >= 0.6 is 0 Å². The SMILES string of the molecule is CCc1noc([C@H]2CCCN(C(=O)c3ccc4c(c3)OCCO4)C2)n1. The average Bonchev–Trinajstić information content (AvgIpc) is 3.16. The van der Waals surface area contributed by atoms with Crippen molar-refractivity contribution in [1.29, 1.82) is 0 Å². The van der Waals surface area contributed by atoms with E-state index >= 15 is 0 Å². The molecule has 1 amide bonds. The minimum Gasteiger partial charge on any atom is -0.486 e. The Labute approximate surface area is 145 Å². The zero-order chi connectivity index (χ0) is 17.2. The van der Waals surface area contributed by atoms with E-state index in [1.165, 1.54) is 0 Å². The third-order valence-electron chi connectivity index (χ3n) is 4.65. The first-order valence-corrected chi connectivity index (χ1v) is 8.76. The molecule has 132 valence electrons. The molecule has 0 N–H and O–H groups in total. The molecule has 1 aromatic heterocycles. The number of aryl methyl sites for hydroxylation is 1. The van der Waals surface area contributed by atoms with Crippen LogP contribution in [0.5, 0.6) is 11.5 Å². The van der Waals surface area contributed by atoms with Gasteiger partial charge in [0.05, 0.1) is 5.92 Å². The summed E-state index contributed by atoms with van der Waals surface area (Å²) in [6.07, 6.45) is 2.62. The Balaban J connectivity index is 1.49. The largest absolute Gasteiger partial charge is 0.486 e. The number of carbonyl (C=O) groups excluding carboxylic acids is 1. The van der Waals surface area contributed by atoms with Crippen LogP contribution < -0.4 is 9.47 Å². The van der Waals surface area contributed by atoms with E-state index in [1.807, 2.05) is 11.8 Å². The lowest BCUT2D eigenvalue weighted by Gasteiger charge is -2.31. The van der Waals surface area contributed by atoms with Crippen molar-refractivity contribution >= 4 is 5.91 Å². The monoisotopic (exact) mass is 343 g/mol. The molecule has 2 aliphatic rings. The van der Waals surface area contributed by atoms with Crippen LogP contribution in [0.15, 0.2) is 22.7 Å². The van der Waals surface area contributed by atoms with Gasteiger partial charge in [0, 0.05) is 25.1 Å². The van der Waals surface area contributed by atoms with E-state index in [0.717, 1.165) is 25.8 Å². The Morgan fingerprint density at radius 2 is 2.12 bits per heavy atom. The van der Waals surface area contributed by atoms with Gasteiger partial charge in [-0.3, -0.25) is 4.79 Å². The van der Waals surface area contributed by atoms with Crippen molar-refractivity contribution in [2.75, 3.05) is 26.3 Å². The summed E-state index contributed by atoms with van der Waals surface area (Å²) in [5, 5.41) is 3.97. The second-order valence-corrected chi connectivity index (χ2v) is 6.35. The molecule has 3 heterocycles. The van der Waals surface area contributed by atoms with Gasteiger partial charge in [-0.1, -0.05) is 12.1 Å². The van der Waals surface area contributed by atoms with E-state index < -0.39 is 0 Å². The molecule has 1 atom stereocenters. The predicted octanol–water partition coefficient (Wildman–Crippen LogP) is 2.42. The Hall–Kier alpha value is -2.57. The molecule has 1 saturated heterocycles. The highest BCUT2D eigenvalue weighted by atomic mass is 16.6. The zero-order valence-corrected chi connectivity index (χ0v) is 14.2. The number of amides is 1. The molecule has 7 heteroatoms. The summed E-state index contributed by atoms with van der Waals surface area (Å²) < 4.78 is 16.5. The van der Waals surface area contributed by atoms with Crippen LogP contribution in [-0.2, 0) is 6.42 Å². The van der Waals surface area contributed by atoms with E-state index in [1.54, 1.807) is 18.2 Å². The topological polar surface area (TPSA) is 77.7 Å². The van der Waals surface area contributed by atoms with Crippen LogP contribution in [0.1, 0.15) is 47.8 Å². The van der Waals surface area contributed by atoms with Crippen molar-refractivity contribution in [2.24, 2.45) is 0 Å². The molecular formula is C18H21N3O4. The molecule has 0 aliphatic carbocycles. The van der Waals surface area contributed by atoms with Crippen molar-refractivity contribution in [3.63, 3.8) is 0 Å². The minimum absolute atomic E-state index is 0.00287. The molecule has 7 nitrogen and oxygen atoms in total. The lowest BCUT2D eigenvalue weighted by molar-refractivity contribution is 0.0694. The van der Waals surface area contributed by atoms with Crippen molar-refractivity contribution in [1.82, 2.24) is 15.0 Å². The van der Waals surface area contributed by atoms with Gasteiger partial charge in [-0.15, -0.1) is 0 Å². The maximum atomic E-state index is 12.9. The van der Waals surface area contributed by atoms with Gasteiger partial charge < -0.3 is 18.9 Å². The summed E-state index contributed by atoms with van der Waals surface area (Å²) in [4.78, 5) is 19.2. The smallest absolute Gasteiger partial charge is 0.254 e. The lowest BCUT2D eigenvalue weighted by atomic mass is 9.97. The summed E-state index contributed by atoms with van der Waals surface area (Å²) >= 11 is 0. The number of aromatic nitrogens is 2. The predicted molar refractivity (Wildman–Crippen MR) is 89.0 cm³/mol. The Bertz CT molecular complexity index is 773. The van der Waals surface area contributed by atoms with Crippen molar-refractivity contribution in [3.05, 3.63) is 35.5 Å². The Morgan fingerprint density at radius 3 is 2.92 bits per heavy atom. The Morgan fingerprint density at radius 1 is 1.28 bits per heavy atom. The van der Waals surface area contributed by atoms with E-state index in [0.29, 0.717) is 48.5 Å². The van der Waals surface area contributed by atoms with Gasteiger partial charge in [-0.25, -0.2) is 0 Å². The quantitative estimate of drug-likeness (QED) is 0.852. The summed E-state index contributed by atoms with van der Waals surface area (Å²) in [6, 6.07) is 5.36. The molecule has 0 spiro atoms. The zero-order valence-electron chi connectivity index (χ0n) is 14.2. The number of carbonyl (C=O) groups is 1. The van der Waals surface area contributed by atoms with Gasteiger partial charge in [-0.05, 0) is 31.0 Å². The number of likely N-dealkylation sites (tertiary alicyclic amines) is 1. The maximum Gasteiger partial charge on any atom is 0.254 e. The number of benzene rings is 1. The van der Waals surface area contributed by atoms with Crippen LogP contribution in [0.3, 0.4) is 0 Å². The van der Waals surface area contributed by atoms with E-state index in [4.69, 9.17) is 14.0 Å². The molecular weight excluding hydrogens is 322 g/mol. The van der Waals surface area contributed by atoms with E-state index in [9.17, 15) is 4.79 Å². The fourth-order valence-corrected chi connectivity index (χ4v) is 3.30. The summed E-state index contributed by atoms with van der Waals surface area (Å²) in [6.45, 7) is 4.37. The number of hydrogen-bond donors (Lipinski definition) is 0. The van der Waals surface area contributed by atoms with Gasteiger partial charge >= 0.3 is 0 Å². The van der Waals surface area contributed by atoms with E-state index in [2.05, 4.69) is 10.1 Å². The highest BCUT2D eigenvalue weighted by Crippen LogP contribution is 2.32. The van der Waals surface area contributed by atoms with Crippen molar-refractivity contribution in [3.8, 4) is 11.5 Å². The third-order valence-corrected chi connectivity index (χ3v) is 4.65. The molecule has 4 rings (SSSR count). The van der Waals surface area contributed by atoms with Gasteiger partial charge in [0.2, 0.25) is 5.89 Å². The normalized spacial score (nSPS) is 19.7. The third kappa shape index (κ3) is 3.18. The second-order valence-electron chi connectivity index (χ2n) is 6.35. The fraction of sp³-hybridized carbons (Fsp3) is 0.500. The molecule has 2 aromatic rings.